The SMILES string of the molecule is COC(=O)CN(CC(=O)OC)C(=O)CCCCCCCCC(=O)N1C(C(=O)OC)C23c4c5c6c7c8c9c(c%10c%11c2c2c4c4c%12c5c5c6c6c8c8c%13c9c9c%10c%10c%11c%11c2c2c4c4c%12c%12c5c5c6c8c6c8c%13c9c9c%10c%10c%11c2c2c4c4c%12c5c6c5c8c9c%10c2c45)C73C1C(=O)OC. The van der Waals surface area contributed by atoms with E-state index in [9.17, 15) is 14.4 Å². The van der Waals surface area contributed by atoms with E-state index in [1.165, 1.54) is 324 Å². The molecule has 432 valence electrons. The van der Waals surface area contributed by atoms with E-state index >= 15 is 14.4 Å². The Morgan fingerprint density at radius 3 is 0.670 bits per heavy atom. The van der Waals surface area contributed by atoms with Gasteiger partial charge in [-0.1, -0.05) is 25.7 Å². The lowest BCUT2D eigenvalue weighted by Crippen LogP contribution is -2.59. The summed E-state index contributed by atoms with van der Waals surface area (Å²) >= 11 is 0. The topological polar surface area (TPSA) is 146 Å². The van der Waals surface area contributed by atoms with Gasteiger partial charge in [-0.2, -0.15) is 0 Å². The average molecular weight is 1210 g/mol. The minimum Gasteiger partial charge on any atom is -0.468 e. The molecular weight excluding hydrogens is 1170 g/mol. The Labute approximate surface area is 519 Å². The first kappa shape index (κ1) is 43.2. The maximum absolute atomic E-state index is 16.8. The van der Waals surface area contributed by atoms with Gasteiger partial charge in [0.1, 0.15) is 25.2 Å². The summed E-state index contributed by atoms with van der Waals surface area (Å²) in [6.07, 6.45) is 4.31. The summed E-state index contributed by atoms with van der Waals surface area (Å²) in [5.41, 5.74) is 1.94. The molecular formula is C82H34N2O10. The highest BCUT2D eigenvalue weighted by atomic mass is 16.5. The first-order valence-corrected chi connectivity index (χ1v) is 33.8. The number of esters is 4. The molecule has 2 atom stereocenters. The number of ether oxygens (including phenoxy) is 4. The molecule has 0 bridgehead atoms. The lowest BCUT2D eigenvalue weighted by molar-refractivity contribution is -0.159. The van der Waals surface area contributed by atoms with Crippen LogP contribution in [0.5, 0.6) is 0 Å². The molecule has 2 amide bonds. The minimum absolute atomic E-state index is 0.0978. The van der Waals surface area contributed by atoms with Gasteiger partial charge in [-0.3, -0.25) is 19.2 Å². The minimum atomic E-state index is -1.33. The van der Waals surface area contributed by atoms with Crippen molar-refractivity contribution in [3.63, 3.8) is 0 Å². The van der Waals surface area contributed by atoms with Crippen molar-refractivity contribution in [1.82, 2.24) is 9.80 Å². The van der Waals surface area contributed by atoms with E-state index in [0.29, 0.717) is 19.3 Å². The van der Waals surface area contributed by atoms with Crippen LogP contribution in [0.1, 0.15) is 73.6 Å². The van der Waals surface area contributed by atoms with E-state index in [4.69, 9.17) is 18.9 Å². The van der Waals surface area contributed by atoms with Crippen molar-refractivity contribution in [1.29, 1.82) is 0 Å². The van der Waals surface area contributed by atoms with Crippen LogP contribution in [0.25, 0.3) is 291 Å². The van der Waals surface area contributed by atoms with Crippen molar-refractivity contribution in [3.05, 3.63) is 22.3 Å². The third-order valence-electron chi connectivity index (χ3n) is 29.4. The molecule has 5 aliphatic rings. The normalized spacial score (nSPS) is 21.1. The number of unbranched alkanes of at least 4 members (excludes halogenated alkanes) is 5. The fourth-order valence-corrected chi connectivity index (χ4v) is 28.2. The highest BCUT2D eigenvalue weighted by Crippen LogP contribution is 2.87. The van der Waals surface area contributed by atoms with E-state index in [1.807, 2.05) is 4.90 Å². The van der Waals surface area contributed by atoms with E-state index in [-0.39, 0.29) is 37.7 Å². The second-order valence-electron chi connectivity index (χ2n) is 31.0. The molecule has 0 radical (unpaired) electrons. The molecule has 28 aromatic carbocycles. The van der Waals surface area contributed by atoms with Gasteiger partial charge in [-0.15, -0.1) is 0 Å². The van der Waals surface area contributed by atoms with E-state index < -0.39 is 46.8 Å². The number of nitrogens with zero attached hydrogens (tertiary/aromatic N) is 2. The molecule has 33 rings (SSSR count). The van der Waals surface area contributed by atoms with E-state index in [0.717, 1.165) is 41.5 Å². The van der Waals surface area contributed by atoms with Gasteiger partial charge in [0, 0.05) is 12.8 Å². The van der Waals surface area contributed by atoms with Crippen molar-refractivity contribution >= 4 is 327 Å². The van der Waals surface area contributed by atoms with Gasteiger partial charge in [-0.25, -0.2) is 9.59 Å². The number of rotatable bonds is 15. The molecule has 4 aliphatic carbocycles. The van der Waals surface area contributed by atoms with Gasteiger partial charge in [-0.05, 0) is 326 Å². The smallest absolute Gasteiger partial charge is 0.329 e. The largest absolute Gasteiger partial charge is 0.468 e. The number of hydrogen-bond donors (Lipinski definition) is 0. The van der Waals surface area contributed by atoms with Crippen molar-refractivity contribution < 1.29 is 47.7 Å². The van der Waals surface area contributed by atoms with Gasteiger partial charge in [0.25, 0.3) is 0 Å². The lowest BCUT2D eigenvalue weighted by atomic mass is 9.46. The molecule has 12 nitrogen and oxygen atoms in total. The Balaban J connectivity index is 0.749. The van der Waals surface area contributed by atoms with Crippen LogP contribution in [0, 0.1) is 0 Å². The molecule has 0 aromatic heterocycles. The monoisotopic (exact) mass is 1210 g/mol. The van der Waals surface area contributed by atoms with Crippen LogP contribution >= 0.6 is 0 Å². The molecule has 1 heterocycles. The van der Waals surface area contributed by atoms with Crippen molar-refractivity contribution in [2.24, 2.45) is 0 Å². The fraction of sp³-hybridized carbons (Fsp3) is 0.220. The highest BCUT2D eigenvalue weighted by Gasteiger charge is 2.83. The zero-order valence-corrected chi connectivity index (χ0v) is 50.2. The summed E-state index contributed by atoms with van der Waals surface area (Å²) in [5, 5.41) is 75.5. The molecule has 1 aliphatic heterocycles. The summed E-state index contributed by atoms with van der Waals surface area (Å²) in [4.78, 5) is 91.1. The lowest BCUT2D eigenvalue weighted by Gasteiger charge is -2.51. The van der Waals surface area contributed by atoms with Gasteiger partial charge < -0.3 is 28.7 Å². The number of amides is 2. The Morgan fingerprint density at radius 1 is 0.277 bits per heavy atom. The number of carbonyl (C=O) groups excluding carboxylic acids is 6. The summed E-state index contributed by atoms with van der Waals surface area (Å²) in [7, 11) is 5.48. The number of methoxy groups -OCH3 is 4. The molecule has 1 saturated heterocycles. The summed E-state index contributed by atoms with van der Waals surface area (Å²) in [6.45, 7) is -0.681. The van der Waals surface area contributed by atoms with Crippen LogP contribution in [0.2, 0.25) is 0 Å². The Morgan fingerprint density at radius 2 is 0.468 bits per heavy atom. The van der Waals surface area contributed by atoms with Crippen molar-refractivity contribution in [3.8, 4) is 0 Å². The summed E-state index contributed by atoms with van der Waals surface area (Å²) in [5.74, 6) is -2.80. The second kappa shape index (κ2) is 11.3. The number of carbonyl (C=O) groups is 6. The van der Waals surface area contributed by atoms with Crippen LogP contribution < -0.4 is 0 Å². The van der Waals surface area contributed by atoms with Crippen molar-refractivity contribution in [2.75, 3.05) is 41.5 Å². The van der Waals surface area contributed by atoms with Crippen LogP contribution in [0.4, 0.5) is 0 Å². The van der Waals surface area contributed by atoms with Gasteiger partial charge >= 0.3 is 23.9 Å². The highest BCUT2D eigenvalue weighted by molar-refractivity contribution is 6.82. The van der Waals surface area contributed by atoms with Crippen molar-refractivity contribution in [2.45, 2.75) is 74.3 Å². The first-order chi connectivity index (χ1) is 46.2. The third-order valence-corrected chi connectivity index (χ3v) is 29.4. The maximum atomic E-state index is 16.8. The van der Waals surface area contributed by atoms with Crippen LogP contribution in [-0.4, -0.2) is 99.1 Å². The molecule has 0 saturated carbocycles. The molecule has 0 N–H and O–H groups in total. The van der Waals surface area contributed by atoms with Gasteiger partial charge in [0.05, 0.1) is 39.3 Å². The van der Waals surface area contributed by atoms with E-state index in [2.05, 4.69) is 0 Å². The zero-order valence-electron chi connectivity index (χ0n) is 50.2. The molecule has 1 fully saturated rings. The van der Waals surface area contributed by atoms with Gasteiger partial charge in [0.2, 0.25) is 11.8 Å². The summed E-state index contributed by atoms with van der Waals surface area (Å²) in [6, 6.07) is -2.50. The second-order valence-corrected chi connectivity index (χ2v) is 31.0. The van der Waals surface area contributed by atoms with Crippen LogP contribution in [-0.2, 0) is 58.5 Å². The molecule has 12 heteroatoms. The predicted octanol–water partition coefficient (Wildman–Crippen LogP) is 16.5. The van der Waals surface area contributed by atoms with Gasteiger partial charge in [0.15, 0.2) is 0 Å². The quantitative estimate of drug-likeness (QED) is 0.0421. The standard InChI is InChI=1S/C82H34N2O10/c1-91-17(87)13-83(14-18(88)92-2)15(85)11-9-7-5-6-8-10-12-16(86)84-77(79(89)93-3)81-73-65-57-47-37-29-21-19-20-23-27-25(21)33-41-35(27)45-39-31(23)32-24(20)28-26-22(19)30(29)38-44-34(26)42-36(28)46-40(32)50-49(39)59-53(45)63-55(41)61(51(57)43(33)37)69(73)71(63)75-67(59)68-60(50)54(46)64-56(42)62-52(44)58(48(38)47)66(65)74(81)70(62)72(64)76(68)82(75,81)78(84)80(90)94-4/h77-78H,5-14H2,1-4H3. The Hall–Kier alpha value is -10.7. The number of hydrogen-bond acceptors (Lipinski definition) is 10. The third kappa shape index (κ3) is 2.90. The summed E-state index contributed by atoms with van der Waals surface area (Å²) < 4.78 is 22.5. The zero-order chi connectivity index (χ0) is 60.2. The first-order valence-electron chi connectivity index (χ1n) is 33.8. The fourth-order valence-electron chi connectivity index (χ4n) is 28.2. The Kier molecular flexibility index (Phi) is 5.19. The van der Waals surface area contributed by atoms with Crippen LogP contribution in [0.3, 0.4) is 0 Å². The number of likely N-dealkylation sites (tertiary alicyclic amines) is 1. The Bertz CT molecular complexity index is 7550. The average Bonchev–Trinajstić information content (AvgIpc) is 1.38. The molecule has 2 unspecified atom stereocenters. The van der Waals surface area contributed by atoms with Crippen LogP contribution in [0.15, 0.2) is 0 Å². The maximum Gasteiger partial charge on any atom is 0.329 e. The number of benzene rings is 18. The molecule has 28 aromatic rings. The molecule has 94 heavy (non-hydrogen) atoms. The predicted molar refractivity (Wildman–Crippen MR) is 370 cm³/mol. The molecule has 2 spiro atoms. The van der Waals surface area contributed by atoms with E-state index in [1.54, 1.807) is 0 Å².